The van der Waals surface area contributed by atoms with Crippen LogP contribution in [0.3, 0.4) is 0 Å². The lowest BCUT2D eigenvalue weighted by atomic mass is 10.3. The van der Waals surface area contributed by atoms with Gasteiger partial charge in [0, 0.05) is 22.7 Å². The minimum absolute atomic E-state index is 0.620. The third kappa shape index (κ3) is 1.94. The third-order valence-electron chi connectivity index (χ3n) is 2.42. The summed E-state index contributed by atoms with van der Waals surface area (Å²) in [5, 5.41) is 3.05. The van der Waals surface area contributed by atoms with Gasteiger partial charge < -0.3 is 10.5 Å². The predicted octanol–water partition coefficient (Wildman–Crippen LogP) is 3.67. The second kappa shape index (κ2) is 4.07. The van der Waals surface area contributed by atoms with Gasteiger partial charge in [0.25, 0.3) is 0 Å². The van der Waals surface area contributed by atoms with Crippen LogP contribution in [-0.2, 0) is 0 Å². The largest absolute Gasteiger partial charge is 0.438 e. The number of ether oxygens (including phenoxy) is 1. The molecule has 2 N–H and O–H groups in total. The van der Waals surface area contributed by atoms with Crippen molar-refractivity contribution < 1.29 is 4.74 Å². The topological polar surface area (TPSA) is 48.1 Å². The monoisotopic (exact) mass is 242 g/mol. The number of nitrogens with zero attached hydrogens (tertiary/aromatic N) is 1. The van der Waals surface area contributed by atoms with Crippen molar-refractivity contribution in [1.29, 1.82) is 0 Å². The van der Waals surface area contributed by atoms with Crippen LogP contribution in [0.25, 0.3) is 10.1 Å². The van der Waals surface area contributed by atoms with E-state index in [4.69, 9.17) is 10.5 Å². The van der Waals surface area contributed by atoms with Gasteiger partial charge in [0.2, 0.25) is 5.88 Å². The zero-order valence-electron chi connectivity index (χ0n) is 8.96. The number of aromatic nitrogens is 1. The van der Waals surface area contributed by atoms with Crippen LogP contribution in [0.5, 0.6) is 11.6 Å². The molecular weight excluding hydrogens is 232 g/mol. The van der Waals surface area contributed by atoms with Gasteiger partial charge in [-0.1, -0.05) is 6.07 Å². The lowest BCUT2D eigenvalue weighted by molar-refractivity contribution is 0.469. The van der Waals surface area contributed by atoms with Crippen molar-refractivity contribution in [3.8, 4) is 11.6 Å². The minimum atomic E-state index is 0.620. The molecule has 0 atom stereocenters. The molecule has 0 bridgehead atoms. The molecule has 3 rings (SSSR count). The Bertz CT molecular complexity index is 663. The molecule has 0 saturated carbocycles. The van der Waals surface area contributed by atoms with Gasteiger partial charge in [-0.15, -0.1) is 11.3 Å². The number of pyridine rings is 1. The van der Waals surface area contributed by atoms with Gasteiger partial charge in [-0.25, -0.2) is 4.98 Å². The molecular formula is C13H10N2OS. The Kier molecular flexibility index (Phi) is 2.42. The third-order valence-corrected chi connectivity index (χ3v) is 3.30. The molecule has 0 fully saturated rings. The molecule has 0 unspecified atom stereocenters. The first kappa shape index (κ1) is 10.1. The van der Waals surface area contributed by atoms with Crippen LogP contribution in [0.4, 0.5) is 5.69 Å². The normalized spacial score (nSPS) is 10.6. The highest BCUT2D eigenvalue weighted by Gasteiger charge is 2.05. The van der Waals surface area contributed by atoms with Gasteiger partial charge in [0.15, 0.2) is 0 Å². The van der Waals surface area contributed by atoms with Gasteiger partial charge in [0.1, 0.15) is 5.75 Å². The second-order valence-electron chi connectivity index (χ2n) is 3.62. The second-order valence-corrected chi connectivity index (χ2v) is 4.57. The van der Waals surface area contributed by atoms with Crippen molar-refractivity contribution in [3.05, 3.63) is 48.0 Å². The molecule has 2 aromatic heterocycles. The van der Waals surface area contributed by atoms with E-state index in [9.17, 15) is 0 Å². The van der Waals surface area contributed by atoms with E-state index >= 15 is 0 Å². The average Bonchev–Trinajstić information content (AvgIpc) is 2.78. The summed E-state index contributed by atoms with van der Waals surface area (Å²) in [6.07, 6.45) is 1.75. The Morgan fingerprint density at radius 3 is 3.00 bits per heavy atom. The first-order chi connectivity index (χ1) is 8.33. The van der Waals surface area contributed by atoms with Gasteiger partial charge in [-0.3, -0.25) is 0 Å². The van der Waals surface area contributed by atoms with E-state index in [-0.39, 0.29) is 0 Å². The quantitative estimate of drug-likeness (QED) is 0.697. The highest BCUT2D eigenvalue weighted by molar-refractivity contribution is 7.17. The summed E-state index contributed by atoms with van der Waals surface area (Å²) in [4.78, 5) is 4.25. The van der Waals surface area contributed by atoms with Crippen molar-refractivity contribution >= 4 is 27.1 Å². The molecule has 2 heterocycles. The summed E-state index contributed by atoms with van der Waals surface area (Å²) in [5.74, 6) is 1.32. The number of nitrogen functional groups attached to an aromatic ring is 1. The van der Waals surface area contributed by atoms with E-state index in [1.165, 1.54) is 4.70 Å². The highest BCUT2D eigenvalue weighted by Crippen LogP contribution is 2.31. The highest BCUT2D eigenvalue weighted by atomic mass is 32.1. The summed E-state index contributed by atoms with van der Waals surface area (Å²) in [6, 6.07) is 11.3. The zero-order valence-corrected chi connectivity index (χ0v) is 9.78. The van der Waals surface area contributed by atoms with Crippen molar-refractivity contribution in [1.82, 2.24) is 4.98 Å². The lowest BCUT2D eigenvalue weighted by Crippen LogP contribution is -1.89. The molecule has 0 saturated heterocycles. The Hall–Kier alpha value is -2.07. The van der Waals surface area contributed by atoms with Gasteiger partial charge >= 0.3 is 0 Å². The molecule has 0 amide bonds. The smallest absolute Gasteiger partial charge is 0.227 e. The standard InChI is InChI=1S/C13H10N2OS/c14-9-2-1-3-10(8-9)16-13-11-5-7-17-12(11)4-6-15-13/h1-8H,14H2. The summed E-state index contributed by atoms with van der Waals surface area (Å²) in [7, 11) is 0. The number of thiophene rings is 1. The lowest BCUT2D eigenvalue weighted by Gasteiger charge is -2.06. The van der Waals surface area contributed by atoms with E-state index in [0.717, 1.165) is 5.39 Å². The SMILES string of the molecule is Nc1cccc(Oc2nccc3sccc23)c1. The summed E-state index contributed by atoms with van der Waals surface area (Å²) < 4.78 is 6.91. The van der Waals surface area contributed by atoms with Crippen LogP contribution in [0.1, 0.15) is 0 Å². The number of anilines is 1. The molecule has 0 aliphatic carbocycles. The Morgan fingerprint density at radius 2 is 2.12 bits per heavy atom. The number of rotatable bonds is 2. The molecule has 4 heteroatoms. The molecule has 3 aromatic rings. The molecule has 0 spiro atoms. The fourth-order valence-electron chi connectivity index (χ4n) is 1.64. The summed E-state index contributed by atoms with van der Waals surface area (Å²) in [6.45, 7) is 0. The van der Waals surface area contributed by atoms with Gasteiger partial charge in [-0.2, -0.15) is 0 Å². The maximum atomic E-state index is 5.75. The van der Waals surface area contributed by atoms with E-state index in [2.05, 4.69) is 4.98 Å². The molecule has 84 valence electrons. The number of nitrogens with two attached hydrogens (primary N) is 1. The predicted molar refractivity (Wildman–Crippen MR) is 70.5 cm³/mol. The zero-order chi connectivity index (χ0) is 11.7. The maximum absolute atomic E-state index is 5.75. The molecule has 0 radical (unpaired) electrons. The fraction of sp³-hybridized carbons (Fsp3) is 0. The van der Waals surface area contributed by atoms with Gasteiger partial charge in [0.05, 0.1) is 5.39 Å². The van der Waals surface area contributed by atoms with E-state index in [1.54, 1.807) is 23.6 Å². The Labute approximate surface area is 102 Å². The Morgan fingerprint density at radius 1 is 1.18 bits per heavy atom. The van der Waals surface area contributed by atoms with Crippen LogP contribution in [0.15, 0.2) is 48.0 Å². The summed E-state index contributed by atoms with van der Waals surface area (Å²) >= 11 is 1.67. The van der Waals surface area contributed by atoms with Crippen LogP contribution >= 0.6 is 11.3 Å². The number of hydrogen-bond donors (Lipinski definition) is 1. The molecule has 3 nitrogen and oxygen atoms in total. The maximum Gasteiger partial charge on any atom is 0.227 e. The number of hydrogen-bond acceptors (Lipinski definition) is 4. The minimum Gasteiger partial charge on any atom is -0.438 e. The van der Waals surface area contributed by atoms with Crippen molar-refractivity contribution in [2.24, 2.45) is 0 Å². The summed E-state index contributed by atoms with van der Waals surface area (Å²) in [5.41, 5.74) is 6.39. The van der Waals surface area contributed by atoms with Crippen LogP contribution in [0, 0.1) is 0 Å². The molecule has 0 aliphatic rings. The number of fused-ring (bicyclic) bond motifs is 1. The van der Waals surface area contributed by atoms with Crippen molar-refractivity contribution in [2.75, 3.05) is 5.73 Å². The van der Waals surface area contributed by atoms with Crippen LogP contribution in [0.2, 0.25) is 0 Å². The molecule has 0 aliphatic heterocycles. The fourth-order valence-corrected chi connectivity index (χ4v) is 2.41. The van der Waals surface area contributed by atoms with E-state index in [0.29, 0.717) is 17.3 Å². The molecule has 1 aromatic carbocycles. The Balaban J connectivity index is 2.02. The van der Waals surface area contributed by atoms with Crippen molar-refractivity contribution in [3.63, 3.8) is 0 Å². The van der Waals surface area contributed by atoms with Crippen molar-refractivity contribution in [2.45, 2.75) is 0 Å². The molecule has 17 heavy (non-hydrogen) atoms. The van der Waals surface area contributed by atoms with Crippen LogP contribution in [-0.4, -0.2) is 4.98 Å². The first-order valence-corrected chi connectivity index (χ1v) is 6.06. The first-order valence-electron chi connectivity index (χ1n) is 5.18. The van der Waals surface area contributed by atoms with Crippen LogP contribution < -0.4 is 10.5 Å². The van der Waals surface area contributed by atoms with E-state index < -0.39 is 0 Å². The number of benzene rings is 1. The average molecular weight is 242 g/mol. The van der Waals surface area contributed by atoms with Gasteiger partial charge in [-0.05, 0) is 29.6 Å². The van der Waals surface area contributed by atoms with E-state index in [1.807, 2.05) is 35.7 Å².